The number of likely N-dealkylation sites (tertiary alicyclic amines) is 1. The van der Waals surface area contributed by atoms with Gasteiger partial charge in [-0.25, -0.2) is 18.7 Å². The molecule has 0 bridgehead atoms. The Hall–Kier alpha value is -2.66. The van der Waals surface area contributed by atoms with E-state index in [1.54, 1.807) is 4.90 Å². The minimum Gasteiger partial charge on any atom is -0.388 e. The monoisotopic (exact) mass is 521 g/mol. The summed E-state index contributed by atoms with van der Waals surface area (Å²) in [6.45, 7) is 8.24. The van der Waals surface area contributed by atoms with Gasteiger partial charge >= 0.3 is 0 Å². The fourth-order valence-electron chi connectivity index (χ4n) is 4.49. The largest absolute Gasteiger partial charge is 0.388 e. The minimum atomic E-state index is -2.83. The van der Waals surface area contributed by atoms with Gasteiger partial charge in [-0.3, -0.25) is 9.59 Å². The van der Waals surface area contributed by atoms with Crippen LogP contribution in [0.4, 0.5) is 14.6 Å². The number of carbonyl (C=O) groups is 2. The number of pyridine rings is 1. The highest BCUT2D eigenvalue weighted by Gasteiger charge is 2.36. The normalized spacial score (nSPS) is 19.3. The molecule has 8 nitrogen and oxygen atoms in total. The van der Waals surface area contributed by atoms with E-state index in [1.807, 2.05) is 27.7 Å². The summed E-state index contributed by atoms with van der Waals surface area (Å²) >= 11 is 0.890. The molecule has 0 radical (unpaired) electrons. The minimum absolute atomic E-state index is 0.0109. The van der Waals surface area contributed by atoms with Crippen LogP contribution in [0.5, 0.6) is 0 Å². The Morgan fingerprint density at radius 1 is 1.31 bits per heavy atom. The highest BCUT2D eigenvalue weighted by atomic mass is 32.1. The quantitative estimate of drug-likeness (QED) is 0.491. The maximum Gasteiger partial charge on any atom is 0.280 e. The lowest BCUT2D eigenvalue weighted by Crippen LogP contribution is -2.47. The molecule has 2 fully saturated rings. The van der Waals surface area contributed by atoms with Gasteiger partial charge in [0.25, 0.3) is 18.2 Å². The molecular formula is C25H33F2N5O3S. The second-order valence-electron chi connectivity index (χ2n) is 10.8. The van der Waals surface area contributed by atoms with E-state index in [2.05, 4.69) is 20.6 Å². The first-order valence-corrected chi connectivity index (χ1v) is 13.1. The zero-order chi connectivity index (χ0) is 26.3. The van der Waals surface area contributed by atoms with Gasteiger partial charge in [0.1, 0.15) is 11.5 Å². The number of hydrogen-bond acceptors (Lipinski definition) is 7. The van der Waals surface area contributed by atoms with E-state index in [0.29, 0.717) is 25.2 Å². The second kappa shape index (κ2) is 10.0. The van der Waals surface area contributed by atoms with Crippen LogP contribution in [0.3, 0.4) is 0 Å². The van der Waals surface area contributed by atoms with Gasteiger partial charge in [-0.1, -0.05) is 0 Å². The topological polar surface area (TPSA) is 107 Å². The third-order valence-corrected chi connectivity index (χ3v) is 7.71. The number of thiazole rings is 1. The molecule has 1 atom stereocenters. The third kappa shape index (κ3) is 5.67. The van der Waals surface area contributed by atoms with Gasteiger partial charge in [0, 0.05) is 42.0 Å². The highest BCUT2D eigenvalue weighted by Crippen LogP contribution is 2.39. The van der Waals surface area contributed by atoms with Crippen molar-refractivity contribution >= 4 is 29.0 Å². The van der Waals surface area contributed by atoms with Crippen molar-refractivity contribution in [2.45, 2.75) is 83.4 Å². The molecule has 1 aliphatic heterocycles. The van der Waals surface area contributed by atoms with Crippen molar-refractivity contribution in [2.75, 3.05) is 18.4 Å². The molecule has 2 amide bonds. The molecule has 11 heteroatoms. The van der Waals surface area contributed by atoms with Crippen molar-refractivity contribution in [1.29, 1.82) is 0 Å². The number of carbonyl (C=O) groups excluding carboxylic acids is 2. The highest BCUT2D eigenvalue weighted by molar-refractivity contribution is 7.17. The fourth-order valence-corrected chi connectivity index (χ4v) is 5.50. The van der Waals surface area contributed by atoms with Gasteiger partial charge in [-0.05, 0) is 65.9 Å². The number of hydrogen-bond donors (Lipinski definition) is 3. The molecule has 2 aromatic rings. The summed E-state index contributed by atoms with van der Waals surface area (Å²) in [7, 11) is 0. The molecule has 0 aromatic carbocycles. The fraction of sp³-hybridized carbons (Fsp3) is 0.600. The van der Waals surface area contributed by atoms with Crippen LogP contribution in [0.15, 0.2) is 12.3 Å². The SMILES string of the molecule is C[C@H]1CCCN1C(=O)c1nc(C(=O)NCC2(O)CCC2)sc1-c1cnc(NC(C)(C)C)cc1C(F)F. The van der Waals surface area contributed by atoms with Gasteiger partial charge in [0.15, 0.2) is 5.01 Å². The second-order valence-corrected chi connectivity index (χ2v) is 11.8. The van der Waals surface area contributed by atoms with E-state index in [1.165, 1.54) is 12.3 Å². The molecule has 1 saturated heterocycles. The number of aliphatic hydroxyl groups is 1. The van der Waals surface area contributed by atoms with Crippen molar-refractivity contribution < 1.29 is 23.5 Å². The Kier molecular flexibility index (Phi) is 7.34. The zero-order valence-electron chi connectivity index (χ0n) is 21.0. The Balaban J connectivity index is 1.73. The third-order valence-electron chi connectivity index (χ3n) is 6.62. The Morgan fingerprint density at radius 2 is 2.03 bits per heavy atom. The molecule has 2 aromatic heterocycles. The van der Waals surface area contributed by atoms with Crippen LogP contribution in [0, 0.1) is 0 Å². The number of amides is 2. The lowest BCUT2D eigenvalue weighted by atomic mass is 9.80. The molecule has 2 aliphatic rings. The molecule has 0 spiro atoms. The number of rotatable bonds is 7. The molecule has 4 rings (SSSR count). The van der Waals surface area contributed by atoms with Crippen LogP contribution in [0.2, 0.25) is 0 Å². The summed E-state index contributed by atoms with van der Waals surface area (Å²) in [5.41, 5.74) is -1.56. The number of halogens is 2. The van der Waals surface area contributed by atoms with E-state index in [-0.39, 0.29) is 50.7 Å². The molecule has 1 aliphatic carbocycles. The first kappa shape index (κ1) is 26.4. The molecule has 3 N–H and O–H groups in total. The molecule has 196 valence electrons. The van der Waals surface area contributed by atoms with Crippen LogP contribution < -0.4 is 10.6 Å². The van der Waals surface area contributed by atoms with Gasteiger partial charge in [-0.2, -0.15) is 0 Å². The molecule has 1 saturated carbocycles. The van der Waals surface area contributed by atoms with Gasteiger partial charge < -0.3 is 20.6 Å². The number of anilines is 1. The van der Waals surface area contributed by atoms with Gasteiger partial charge in [0.05, 0.1) is 10.5 Å². The van der Waals surface area contributed by atoms with Crippen molar-refractivity contribution in [3.63, 3.8) is 0 Å². The van der Waals surface area contributed by atoms with Crippen molar-refractivity contribution in [3.8, 4) is 10.4 Å². The maximum atomic E-state index is 14.2. The van der Waals surface area contributed by atoms with Crippen LogP contribution in [0.25, 0.3) is 10.4 Å². The lowest BCUT2D eigenvalue weighted by molar-refractivity contribution is -0.0300. The molecular weight excluding hydrogens is 488 g/mol. The number of alkyl halides is 2. The van der Waals surface area contributed by atoms with E-state index in [4.69, 9.17) is 0 Å². The van der Waals surface area contributed by atoms with Gasteiger partial charge in [-0.15, -0.1) is 11.3 Å². The molecule has 3 heterocycles. The summed E-state index contributed by atoms with van der Waals surface area (Å²) < 4.78 is 28.4. The first-order valence-electron chi connectivity index (χ1n) is 12.3. The van der Waals surface area contributed by atoms with E-state index in [0.717, 1.165) is 30.6 Å². The smallest absolute Gasteiger partial charge is 0.280 e. The zero-order valence-corrected chi connectivity index (χ0v) is 21.8. The average Bonchev–Trinajstić information content (AvgIpc) is 3.41. The van der Waals surface area contributed by atoms with Gasteiger partial charge in [0.2, 0.25) is 0 Å². The predicted octanol–water partition coefficient (Wildman–Crippen LogP) is 4.62. The number of nitrogens with zero attached hydrogens (tertiary/aromatic N) is 3. The van der Waals surface area contributed by atoms with Crippen LogP contribution >= 0.6 is 11.3 Å². The van der Waals surface area contributed by atoms with Crippen molar-refractivity contribution in [2.24, 2.45) is 0 Å². The predicted molar refractivity (Wildman–Crippen MR) is 135 cm³/mol. The van der Waals surface area contributed by atoms with E-state index in [9.17, 15) is 23.5 Å². The van der Waals surface area contributed by atoms with Crippen LogP contribution in [-0.4, -0.2) is 62.1 Å². The van der Waals surface area contributed by atoms with E-state index >= 15 is 0 Å². The molecule has 0 unspecified atom stereocenters. The summed E-state index contributed by atoms with van der Waals surface area (Å²) in [5, 5.41) is 16.1. The Labute approximate surface area is 213 Å². The summed E-state index contributed by atoms with van der Waals surface area (Å²) in [5.74, 6) is -0.647. The number of aromatic nitrogens is 2. The molecule has 36 heavy (non-hydrogen) atoms. The average molecular weight is 522 g/mol. The summed E-state index contributed by atoms with van der Waals surface area (Å²) in [6.07, 6.45) is 2.26. The summed E-state index contributed by atoms with van der Waals surface area (Å²) in [6, 6.07) is 1.27. The first-order chi connectivity index (χ1) is 16.9. The van der Waals surface area contributed by atoms with E-state index < -0.39 is 17.9 Å². The Morgan fingerprint density at radius 3 is 2.58 bits per heavy atom. The summed E-state index contributed by atoms with van der Waals surface area (Å²) in [4.78, 5) is 36.9. The Bertz CT molecular complexity index is 1140. The van der Waals surface area contributed by atoms with Crippen LogP contribution in [0.1, 0.15) is 92.1 Å². The van der Waals surface area contributed by atoms with Crippen molar-refractivity contribution in [3.05, 3.63) is 28.5 Å². The number of nitrogens with one attached hydrogen (secondary N) is 2. The lowest BCUT2D eigenvalue weighted by Gasteiger charge is -2.36. The van der Waals surface area contributed by atoms with Crippen LogP contribution in [-0.2, 0) is 0 Å². The standard InChI is InChI=1S/C25H33F2N5O3S/c1-14-7-5-10-32(14)23(34)18-19(36-22(30-18)21(33)29-13-25(35)8-6-9-25)16-12-28-17(31-24(2,3)4)11-15(16)20(26)27/h11-12,14,20,35H,5-10,13H2,1-4H3,(H,28,31)(H,29,33)/t14-/m0/s1. The maximum absolute atomic E-state index is 14.2. The van der Waals surface area contributed by atoms with Crippen molar-refractivity contribution in [1.82, 2.24) is 20.2 Å².